The van der Waals surface area contributed by atoms with E-state index < -0.39 is 15.7 Å². The van der Waals surface area contributed by atoms with Crippen LogP contribution in [-0.2, 0) is 10.0 Å². The fourth-order valence-electron chi connectivity index (χ4n) is 2.21. The molecule has 0 saturated heterocycles. The fraction of sp³-hybridized carbons (Fsp3) is 0.214. The van der Waals surface area contributed by atoms with Crippen molar-refractivity contribution in [3.63, 3.8) is 0 Å². The van der Waals surface area contributed by atoms with E-state index in [0.29, 0.717) is 22.7 Å². The molecule has 10 heteroatoms. The lowest BCUT2D eigenvalue weighted by Crippen LogP contribution is -2.22. The van der Waals surface area contributed by atoms with Crippen molar-refractivity contribution in [1.29, 1.82) is 0 Å². The molecule has 2 heterocycles. The van der Waals surface area contributed by atoms with Gasteiger partial charge in [-0.1, -0.05) is 0 Å². The van der Waals surface area contributed by atoms with Crippen LogP contribution >= 0.6 is 0 Å². The second-order valence-electron chi connectivity index (χ2n) is 5.18. The summed E-state index contributed by atoms with van der Waals surface area (Å²) in [5, 5.41) is 2.51. The van der Waals surface area contributed by atoms with Crippen LogP contribution in [-0.4, -0.2) is 53.5 Å². The van der Waals surface area contributed by atoms with Crippen molar-refractivity contribution in [1.82, 2.24) is 23.9 Å². The Kier molecular flexibility index (Phi) is 3.85. The maximum Gasteiger partial charge on any atom is 0.360 e. The van der Waals surface area contributed by atoms with Crippen molar-refractivity contribution in [2.75, 3.05) is 21.2 Å². The molecule has 0 unspecified atom stereocenters. The zero-order valence-electron chi connectivity index (χ0n) is 13.2. The third-order valence-corrected chi connectivity index (χ3v) is 5.29. The van der Waals surface area contributed by atoms with Crippen molar-refractivity contribution in [2.45, 2.75) is 4.90 Å². The normalized spacial score (nSPS) is 12.0. The van der Waals surface area contributed by atoms with Gasteiger partial charge in [0.05, 0.1) is 30.1 Å². The smallest absolute Gasteiger partial charge is 0.360 e. The summed E-state index contributed by atoms with van der Waals surface area (Å²) in [4.78, 5) is 19.3. The molecular formula is C14H15N5O4S. The Morgan fingerprint density at radius 1 is 1.29 bits per heavy atom. The maximum absolute atomic E-state index is 12.2. The molecule has 0 aliphatic rings. The molecule has 3 rings (SSSR count). The van der Waals surface area contributed by atoms with Crippen LogP contribution in [0.5, 0.6) is 5.75 Å². The number of ether oxygens (including phenoxy) is 1. The van der Waals surface area contributed by atoms with Crippen molar-refractivity contribution in [3.8, 4) is 17.0 Å². The van der Waals surface area contributed by atoms with Crippen LogP contribution in [0.25, 0.3) is 16.9 Å². The standard InChI is InChI=1S/C14H15N5O4S/c1-18(2)24(21,22)9-4-5-10(12(6-9)23-3)11-8-19-13(16-11)7-15-14(20)17-19/h4-8H,1-3H3,(H,17,20). The summed E-state index contributed by atoms with van der Waals surface area (Å²) in [6, 6.07) is 4.54. The average molecular weight is 349 g/mol. The van der Waals surface area contributed by atoms with E-state index >= 15 is 0 Å². The number of imidazole rings is 1. The number of benzene rings is 1. The van der Waals surface area contributed by atoms with Gasteiger partial charge in [0, 0.05) is 25.7 Å². The van der Waals surface area contributed by atoms with Crippen LogP contribution in [0.1, 0.15) is 0 Å². The zero-order valence-corrected chi connectivity index (χ0v) is 14.0. The Labute approximate surface area is 137 Å². The highest BCUT2D eigenvalue weighted by Crippen LogP contribution is 2.32. The largest absolute Gasteiger partial charge is 0.496 e. The highest BCUT2D eigenvalue weighted by atomic mass is 32.2. The Balaban J connectivity index is 2.15. The Morgan fingerprint density at radius 2 is 2.04 bits per heavy atom. The molecule has 0 aliphatic heterocycles. The summed E-state index contributed by atoms with van der Waals surface area (Å²) in [5.74, 6) is 0.358. The molecule has 0 aliphatic carbocycles. The molecule has 1 N–H and O–H groups in total. The number of nitrogens with zero attached hydrogens (tertiary/aromatic N) is 4. The van der Waals surface area contributed by atoms with E-state index in [2.05, 4.69) is 15.1 Å². The summed E-state index contributed by atoms with van der Waals surface area (Å²) in [6.07, 6.45) is 2.95. The number of aromatic nitrogens is 4. The summed E-state index contributed by atoms with van der Waals surface area (Å²) >= 11 is 0. The molecule has 2 aromatic heterocycles. The third-order valence-electron chi connectivity index (χ3n) is 3.47. The first-order chi connectivity index (χ1) is 11.3. The molecule has 0 atom stereocenters. The van der Waals surface area contributed by atoms with Crippen molar-refractivity contribution < 1.29 is 13.2 Å². The zero-order chi connectivity index (χ0) is 17.5. The SMILES string of the molecule is COc1cc(S(=O)(=O)N(C)C)ccc1-c1cn2[nH]c(=O)ncc2n1. The van der Waals surface area contributed by atoms with E-state index in [1.165, 1.54) is 44.1 Å². The highest BCUT2D eigenvalue weighted by Gasteiger charge is 2.20. The first-order valence-electron chi connectivity index (χ1n) is 6.88. The van der Waals surface area contributed by atoms with Gasteiger partial charge in [-0.05, 0) is 12.1 Å². The van der Waals surface area contributed by atoms with E-state index in [4.69, 9.17) is 4.74 Å². The minimum Gasteiger partial charge on any atom is -0.496 e. The topological polar surface area (TPSA) is 110 Å². The van der Waals surface area contributed by atoms with Crippen LogP contribution < -0.4 is 10.4 Å². The minimum absolute atomic E-state index is 0.118. The van der Waals surface area contributed by atoms with E-state index in [1.54, 1.807) is 12.3 Å². The van der Waals surface area contributed by atoms with Crippen molar-refractivity contribution in [3.05, 3.63) is 41.1 Å². The summed E-state index contributed by atoms with van der Waals surface area (Å²) in [5.41, 5.74) is 1.08. The number of fused-ring (bicyclic) bond motifs is 1. The van der Waals surface area contributed by atoms with Gasteiger partial charge in [0.2, 0.25) is 10.0 Å². The lowest BCUT2D eigenvalue weighted by atomic mass is 10.1. The summed E-state index contributed by atoms with van der Waals surface area (Å²) in [7, 11) is 0.799. The Hall–Kier alpha value is -2.72. The molecule has 0 radical (unpaired) electrons. The number of H-pyrrole nitrogens is 1. The first-order valence-corrected chi connectivity index (χ1v) is 8.32. The molecule has 3 aromatic rings. The van der Waals surface area contributed by atoms with Crippen LogP contribution in [0.15, 0.2) is 40.3 Å². The van der Waals surface area contributed by atoms with Crippen LogP contribution in [0.3, 0.4) is 0 Å². The van der Waals surface area contributed by atoms with Crippen molar-refractivity contribution >= 4 is 15.7 Å². The molecule has 126 valence electrons. The van der Waals surface area contributed by atoms with Gasteiger partial charge in [-0.15, -0.1) is 0 Å². The quantitative estimate of drug-likeness (QED) is 0.727. The van der Waals surface area contributed by atoms with Crippen molar-refractivity contribution in [2.24, 2.45) is 0 Å². The molecule has 0 fully saturated rings. The molecule has 24 heavy (non-hydrogen) atoms. The van der Waals surface area contributed by atoms with Crippen LogP contribution in [0.2, 0.25) is 0 Å². The fourth-order valence-corrected chi connectivity index (χ4v) is 3.13. The maximum atomic E-state index is 12.2. The average Bonchev–Trinajstić information content (AvgIpc) is 2.96. The van der Waals surface area contributed by atoms with Gasteiger partial charge in [0.1, 0.15) is 5.75 Å². The van der Waals surface area contributed by atoms with E-state index in [0.717, 1.165) is 4.31 Å². The minimum atomic E-state index is -3.57. The monoisotopic (exact) mass is 349 g/mol. The van der Waals surface area contributed by atoms with Gasteiger partial charge < -0.3 is 4.74 Å². The van der Waals surface area contributed by atoms with E-state index in [1.807, 2.05) is 0 Å². The summed E-state index contributed by atoms with van der Waals surface area (Å²) in [6.45, 7) is 0. The molecule has 0 amide bonds. The number of methoxy groups -OCH3 is 1. The molecular weight excluding hydrogens is 334 g/mol. The van der Waals surface area contributed by atoms with Gasteiger partial charge in [-0.25, -0.2) is 32.1 Å². The predicted molar refractivity (Wildman–Crippen MR) is 86.5 cm³/mol. The Morgan fingerprint density at radius 3 is 2.71 bits per heavy atom. The van der Waals surface area contributed by atoms with Gasteiger partial charge >= 0.3 is 5.69 Å². The van der Waals surface area contributed by atoms with Gasteiger partial charge in [-0.3, -0.25) is 0 Å². The Bertz CT molecular complexity index is 1070. The lowest BCUT2D eigenvalue weighted by Gasteiger charge is -2.13. The highest BCUT2D eigenvalue weighted by molar-refractivity contribution is 7.89. The van der Waals surface area contributed by atoms with Gasteiger partial charge in [-0.2, -0.15) is 4.98 Å². The molecule has 0 bridgehead atoms. The van der Waals surface area contributed by atoms with Gasteiger partial charge in [0.25, 0.3) is 0 Å². The van der Waals surface area contributed by atoms with Crippen LogP contribution in [0, 0.1) is 0 Å². The number of rotatable bonds is 4. The predicted octanol–water partition coefficient (Wildman–Crippen LogP) is 0.343. The number of aromatic amines is 1. The number of sulfonamides is 1. The summed E-state index contributed by atoms with van der Waals surface area (Å²) < 4.78 is 32.3. The molecule has 1 aromatic carbocycles. The molecule has 0 spiro atoms. The van der Waals surface area contributed by atoms with E-state index in [9.17, 15) is 13.2 Å². The number of nitrogens with one attached hydrogen (secondary N) is 1. The first kappa shape index (κ1) is 16.1. The second kappa shape index (κ2) is 5.73. The van der Waals surface area contributed by atoms with Crippen LogP contribution in [0.4, 0.5) is 0 Å². The number of hydrogen-bond donors (Lipinski definition) is 1. The molecule has 9 nitrogen and oxygen atoms in total. The molecule has 0 saturated carbocycles. The third kappa shape index (κ3) is 2.65. The lowest BCUT2D eigenvalue weighted by molar-refractivity contribution is 0.414. The van der Waals surface area contributed by atoms with E-state index in [-0.39, 0.29) is 4.90 Å². The second-order valence-corrected chi connectivity index (χ2v) is 7.33. The number of hydrogen-bond acceptors (Lipinski definition) is 6. The van der Waals surface area contributed by atoms with Gasteiger partial charge in [0.15, 0.2) is 5.65 Å².